The number of nitrogens with one attached hydrogen (secondary N) is 1. The van der Waals surface area contributed by atoms with Crippen LogP contribution in [-0.2, 0) is 0 Å². The van der Waals surface area contributed by atoms with Crippen molar-refractivity contribution < 1.29 is 0 Å². The highest BCUT2D eigenvalue weighted by Gasteiger charge is 1.94. The minimum absolute atomic E-state index is 0.578. The first-order valence-electron chi connectivity index (χ1n) is 4.24. The normalized spacial score (nSPS) is 9.85. The highest BCUT2D eigenvalue weighted by Crippen LogP contribution is 2.28. The van der Waals surface area contributed by atoms with Crippen molar-refractivity contribution in [1.29, 1.82) is 0 Å². The molecule has 1 heteroatoms. The van der Waals surface area contributed by atoms with Gasteiger partial charge in [-0.2, -0.15) is 0 Å². The van der Waals surface area contributed by atoms with Gasteiger partial charge in [-0.1, -0.05) is 54.6 Å². The second kappa shape index (κ2) is 3.31. The molecule has 0 unspecified atom stereocenters. The summed E-state index contributed by atoms with van der Waals surface area (Å²) in [6.07, 6.45) is 0. The lowest BCUT2D eigenvalue weighted by molar-refractivity contribution is 1.63. The molecule has 13 heavy (non-hydrogen) atoms. The van der Waals surface area contributed by atoms with E-state index in [0.717, 1.165) is 11.1 Å². The number of rotatable bonds is 1. The van der Waals surface area contributed by atoms with Gasteiger partial charge in [-0.3, -0.25) is 0 Å². The van der Waals surface area contributed by atoms with E-state index in [1.165, 1.54) is 0 Å². The molecule has 2 aromatic carbocycles. The highest BCUT2D eigenvalue weighted by molar-refractivity contribution is 5.77. The van der Waals surface area contributed by atoms with Gasteiger partial charge < -0.3 is 5.73 Å². The van der Waals surface area contributed by atoms with E-state index in [2.05, 4.69) is 0 Å². The smallest absolute Gasteiger partial charge is 0.0196 e. The molecule has 0 aliphatic heterocycles. The first kappa shape index (κ1) is 7.87. The lowest BCUT2D eigenvalue weighted by Crippen LogP contribution is -1.75. The maximum Gasteiger partial charge on any atom is -0.0196 e. The Morgan fingerprint density at radius 3 is 2.00 bits per heavy atom. The van der Waals surface area contributed by atoms with Gasteiger partial charge in [0.25, 0.3) is 0 Å². The summed E-state index contributed by atoms with van der Waals surface area (Å²) in [4.78, 5) is 0. The van der Waals surface area contributed by atoms with Crippen LogP contribution >= 0.6 is 0 Å². The molecule has 0 atom stereocenters. The Hall–Kier alpha value is -1.76. The van der Waals surface area contributed by atoms with Gasteiger partial charge in [0.05, 0.1) is 0 Å². The van der Waals surface area contributed by atoms with Crippen LogP contribution in [0, 0.1) is 0 Å². The molecule has 0 fully saturated rings. The summed E-state index contributed by atoms with van der Waals surface area (Å²) in [5.74, 6) is 0. The molecule has 0 amide bonds. The van der Waals surface area contributed by atoms with Gasteiger partial charge in [-0.25, -0.2) is 0 Å². The van der Waals surface area contributed by atoms with Gasteiger partial charge in [0.15, 0.2) is 0 Å². The zero-order valence-electron chi connectivity index (χ0n) is 7.20. The summed E-state index contributed by atoms with van der Waals surface area (Å²) >= 11 is 0. The first-order chi connectivity index (χ1) is 6.38. The van der Waals surface area contributed by atoms with Crippen molar-refractivity contribution >= 4 is 5.69 Å². The van der Waals surface area contributed by atoms with Crippen molar-refractivity contribution in [1.82, 2.24) is 0 Å². The summed E-state index contributed by atoms with van der Waals surface area (Å²) < 4.78 is 0. The molecule has 0 bridgehead atoms. The van der Waals surface area contributed by atoms with Crippen molar-refractivity contribution in [3.8, 4) is 11.1 Å². The van der Waals surface area contributed by atoms with E-state index in [0.29, 0.717) is 5.69 Å². The molecule has 0 aliphatic rings. The third kappa shape index (κ3) is 1.54. The maximum absolute atomic E-state index is 7.71. The van der Waals surface area contributed by atoms with Crippen LogP contribution in [0.25, 0.3) is 16.9 Å². The van der Waals surface area contributed by atoms with Crippen LogP contribution in [0.2, 0.25) is 0 Å². The summed E-state index contributed by atoms with van der Waals surface area (Å²) in [5.41, 5.74) is 10.4. The zero-order valence-corrected chi connectivity index (χ0v) is 7.20. The molecule has 0 aliphatic carbocycles. The number of hydrogen-bond acceptors (Lipinski definition) is 0. The van der Waals surface area contributed by atoms with Gasteiger partial charge in [0.1, 0.15) is 0 Å². The van der Waals surface area contributed by atoms with E-state index in [1.807, 2.05) is 54.6 Å². The SMILES string of the molecule is [NH-]c1ccccc1-c1ccccc1. The van der Waals surface area contributed by atoms with Crippen LogP contribution in [0.4, 0.5) is 5.69 Å². The fraction of sp³-hybridized carbons (Fsp3) is 0. The predicted molar refractivity (Wildman–Crippen MR) is 55.9 cm³/mol. The molecule has 1 nitrogen and oxygen atoms in total. The van der Waals surface area contributed by atoms with Crippen LogP contribution in [0.1, 0.15) is 0 Å². The van der Waals surface area contributed by atoms with E-state index >= 15 is 0 Å². The van der Waals surface area contributed by atoms with E-state index < -0.39 is 0 Å². The largest absolute Gasteiger partial charge is 0.698 e. The molecule has 0 heterocycles. The Morgan fingerprint density at radius 1 is 0.692 bits per heavy atom. The van der Waals surface area contributed by atoms with Gasteiger partial charge in [0, 0.05) is 0 Å². The Morgan fingerprint density at radius 2 is 1.31 bits per heavy atom. The molecular formula is C12H10N-. The summed E-state index contributed by atoms with van der Waals surface area (Å²) in [6.45, 7) is 0. The monoisotopic (exact) mass is 168 g/mol. The quantitative estimate of drug-likeness (QED) is 0.613. The molecular weight excluding hydrogens is 158 g/mol. The van der Waals surface area contributed by atoms with Crippen LogP contribution in [0.5, 0.6) is 0 Å². The molecule has 0 radical (unpaired) electrons. The Balaban J connectivity index is 2.54. The highest BCUT2D eigenvalue weighted by atomic mass is 14.6. The topological polar surface area (TPSA) is 23.8 Å². The standard InChI is InChI=1S/C12H10N/c13-12-9-5-4-8-11(12)10-6-2-1-3-7-10/h1-9,13H/q-1. The summed E-state index contributed by atoms with van der Waals surface area (Å²) in [7, 11) is 0. The van der Waals surface area contributed by atoms with E-state index in [1.54, 1.807) is 0 Å². The summed E-state index contributed by atoms with van der Waals surface area (Å²) in [6, 6.07) is 17.6. The lowest BCUT2D eigenvalue weighted by Gasteiger charge is -2.10. The molecule has 64 valence electrons. The van der Waals surface area contributed by atoms with Crippen molar-refractivity contribution in [3.05, 3.63) is 60.3 Å². The van der Waals surface area contributed by atoms with Gasteiger partial charge >= 0.3 is 0 Å². The van der Waals surface area contributed by atoms with E-state index in [-0.39, 0.29) is 0 Å². The van der Waals surface area contributed by atoms with Crippen molar-refractivity contribution in [2.75, 3.05) is 0 Å². The van der Waals surface area contributed by atoms with Crippen molar-refractivity contribution in [2.24, 2.45) is 0 Å². The van der Waals surface area contributed by atoms with E-state index in [4.69, 9.17) is 5.73 Å². The third-order valence-electron chi connectivity index (χ3n) is 2.01. The average molecular weight is 168 g/mol. The fourth-order valence-electron chi connectivity index (χ4n) is 1.35. The van der Waals surface area contributed by atoms with Crippen LogP contribution in [-0.4, -0.2) is 0 Å². The van der Waals surface area contributed by atoms with Crippen molar-refractivity contribution in [2.45, 2.75) is 0 Å². The number of benzene rings is 2. The van der Waals surface area contributed by atoms with Crippen LogP contribution in [0.3, 0.4) is 0 Å². The third-order valence-corrected chi connectivity index (χ3v) is 2.01. The molecule has 0 spiro atoms. The van der Waals surface area contributed by atoms with Crippen LogP contribution < -0.4 is 0 Å². The molecule has 0 saturated carbocycles. The Kier molecular flexibility index (Phi) is 2.01. The van der Waals surface area contributed by atoms with Crippen LogP contribution in [0.15, 0.2) is 54.6 Å². The van der Waals surface area contributed by atoms with Gasteiger partial charge in [-0.05, 0) is 11.1 Å². The average Bonchev–Trinajstić information content (AvgIpc) is 2.20. The second-order valence-electron chi connectivity index (χ2n) is 2.91. The summed E-state index contributed by atoms with van der Waals surface area (Å²) in [5, 5.41) is 0. The molecule has 0 aromatic heterocycles. The Labute approximate surface area is 77.8 Å². The first-order valence-corrected chi connectivity index (χ1v) is 4.24. The predicted octanol–water partition coefficient (Wildman–Crippen LogP) is 4.04. The molecule has 2 aromatic rings. The maximum atomic E-state index is 7.71. The zero-order chi connectivity index (χ0) is 9.10. The molecule has 2 rings (SSSR count). The molecule has 1 N–H and O–H groups in total. The minimum atomic E-state index is 0.578. The Bertz CT molecular complexity index is 393. The van der Waals surface area contributed by atoms with Gasteiger partial charge in [-0.15, -0.1) is 5.69 Å². The molecule has 0 saturated heterocycles. The van der Waals surface area contributed by atoms with Crippen molar-refractivity contribution in [3.63, 3.8) is 0 Å². The lowest BCUT2D eigenvalue weighted by atomic mass is 10.0. The number of hydrogen-bond donors (Lipinski definition) is 0. The van der Waals surface area contributed by atoms with E-state index in [9.17, 15) is 0 Å². The second-order valence-corrected chi connectivity index (χ2v) is 2.91. The minimum Gasteiger partial charge on any atom is -0.698 e. The van der Waals surface area contributed by atoms with Gasteiger partial charge in [0.2, 0.25) is 0 Å². The fourth-order valence-corrected chi connectivity index (χ4v) is 1.35.